The van der Waals surface area contributed by atoms with Crippen LogP contribution in [0.25, 0.3) is 16.5 Å². The molecule has 3 heterocycles. The molecule has 1 aromatic heterocycles. The van der Waals surface area contributed by atoms with E-state index in [0.29, 0.717) is 23.9 Å². The molecule has 1 unspecified atom stereocenters. The zero-order valence-corrected chi connectivity index (χ0v) is 17.8. The van der Waals surface area contributed by atoms with Gasteiger partial charge in [-0.2, -0.15) is 17.6 Å². The fourth-order valence-electron chi connectivity index (χ4n) is 4.12. The van der Waals surface area contributed by atoms with E-state index in [0.717, 1.165) is 41.9 Å². The zero-order chi connectivity index (χ0) is 20.9. The van der Waals surface area contributed by atoms with E-state index < -0.39 is 10.0 Å². The van der Waals surface area contributed by atoms with Crippen molar-refractivity contribution >= 4 is 32.2 Å². The average Bonchev–Trinajstić information content (AvgIpc) is 3.14. The molecule has 0 radical (unpaired) electrons. The molecule has 1 atom stereocenters. The van der Waals surface area contributed by atoms with E-state index in [-0.39, 0.29) is 4.90 Å². The standard InChI is InChI=1S/C22H24N4O3S/c1-15-13-16(9-10-23-15)22-18-5-3-4-6-19(18)26(24-22)30(27,28)17-7-8-20-21(14-17)29-12-11-25(20)2/h3-9,14-15,23H,10-13H2,1-2H3. The van der Waals surface area contributed by atoms with Gasteiger partial charge in [0.25, 0.3) is 10.0 Å². The molecule has 2 aromatic carbocycles. The van der Waals surface area contributed by atoms with Crippen molar-refractivity contribution in [3.63, 3.8) is 0 Å². The van der Waals surface area contributed by atoms with Crippen molar-refractivity contribution in [2.24, 2.45) is 0 Å². The maximum absolute atomic E-state index is 13.6. The molecule has 156 valence electrons. The Bertz CT molecular complexity index is 1260. The molecular formula is C22H24N4O3S. The highest BCUT2D eigenvalue weighted by molar-refractivity contribution is 7.90. The Hall–Kier alpha value is -2.84. The molecule has 0 aliphatic carbocycles. The van der Waals surface area contributed by atoms with E-state index in [1.807, 2.05) is 25.2 Å². The summed E-state index contributed by atoms with van der Waals surface area (Å²) in [5.41, 5.74) is 3.27. The quantitative estimate of drug-likeness (QED) is 0.697. The van der Waals surface area contributed by atoms with Gasteiger partial charge in [0, 0.05) is 31.1 Å². The average molecular weight is 425 g/mol. The predicted octanol–water partition coefficient (Wildman–Crippen LogP) is 2.87. The zero-order valence-electron chi connectivity index (χ0n) is 17.0. The molecule has 0 fully saturated rings. The van der Waals surface area contributed by atoms with Crippen LogP contribution in [-0.2, 0) is 10.0 Å². The Labute approximate surface area is 176 Å². The minimum absolute atomic E-state index is 0.170. The third kappa shape index (κ3) is 3.07. The van der Waals surface area contributed by atoms with Crippen LogP contribution in [0.4, 0.5) is 5.69 Å². The molecule has 8 heteroatoms. The first-order valence-electron chi connectivity index (χ1n) is 10.1. The van der Waals surface area contributed by atoms with Crippen molar-refractivity contribution in [2.75, 3.05) is 31.6 Å². The minimum Gasteiger partial charge on any atom is -0.490 e. The van der Waals surface area contributed by atoms with Gasteiger partial charge >= 0.3 is 0 Å². The highest BCUT2D eigenvalue weighted by Gasteiger charge is 2.27. The number of nitrogens with zero attached hydrogens (tertiary/aromatic N) is 3. The molecule has 7 nitrogen and oxygen atoms in total. The molecule has 30 heavy (non-hydrogen) atoms. The van der Waals surface area contributed by atoms with E-state index >= 15 is 0 Å². The summed E-state index contributed by atoms with van der Waals surface area (Å²) in [6.07, 6.45) is 2.90. The lowest BCUT2D eigenvalue weighted by Crippen LogP contribution is -2.30. The van der Waals surface area contributed by atoms with E-state index in [1.54, 1.807) is 24.3 Å². The van der Waals surface area contributed by atoms with E-state index in [9.17, 15) is 8.42 Å². The minimum atomic E-state index is -3.88. The number of ether oxygens (including phenoxy) is 1. The Balaban J connectivity index is 1.65. The predicted molar refractivity (Wildman–Crippen MR) is 118 cm³/mol. The van der Waals surface area contributed by atoms with Crippen molar-refractivity contribution < 1.29 is 13.2 Å². The molecule has 0 saturated heterocycles. The van der Waals surface area contributed by atoms with Crippen LogP contribution in [0.3, 0.4) is 0 Å². The highest BCUT2D eigenvalue weighted by Crippen LogP contribution is 2.35. The monoisotopic (exact) mass is 424 g/mol. The van der Waals surface area contributed by atoms with Gasteiger partial charge in [0.15, 0.2) is 0 Å². The van der Waals surface area contributed by atoms with Crippen LogP contribution in [-0.4, -0.2) is 50.4 Å². The van der Waals surface area contributed by atoms with Crippen molar-refractivity contribution in [1.82, 2.24) is 14.5 Å². The number of likely N-dealkylation sites (N-methyl/N-ethyl adjacent to an activating group) is 1. The number of benzene rings is 2. The maximum Gasteiger partial charge on any atom is 0.283 e. The normalized spacial score (nSPS) is 19.3. The second kappa shape index (κ2) is 7.14. The number of nitrogens with one attached hydrogen (secondary N) is 1. The van der Waals surface area contributed by atoms with Gasteiger partial charge in [0.1, 0.15) is 12.4 Å². The Morgan fingerprint density at radius 2 is 2.03 bits per heavy atom. The summed E-state index contributed by atoms with van der Waals surface area (Å²) >= 11 is 0. The Morgan fingerprint density at radius 1 is 1.20 bits per heavy atom. The lowest BCUT2D eigenvalue weighted by molar-refractivity contribution is 0.310. The second-order valence-electron chi connectivity index (χ2n) is 7.86. The van der Waals surface area contributed by atoms with Crippen LogP contribution in [0.5, 0.6) is 5.75 Å². The van der Waals surface area contributed by atoms with Crippen molar-refractivity contribution in [3.05, 3.63) is 54.2 Å². The topological polar surface area (TPSA) is 76.5 Å². The van der Waals surface area contributed by atoms with Crippen LogP contribution in [0, 0.1) is 0 Å². The number of hydrogen-bond acceptors (Lipinski definition) is 6. The van der Waals surface area contributed by atoms with Gasteiger partial charge in [-0.05, 0) is 37.1 Å². The van der Waals surface area contributed by atoms with Gasteiger partial charge in [-0.15, -0.1) is 0 Å². The third-order valence-electron chi connectivity index (χ3n) is 5.75. The van der Waals surface area contributed by atoms with Crippen LogP contribution in [0.15, 0.2) is 53.4 Å². The van der Waals surface area contributed by atoms with Gasteiger partial charge in [0.05, 0.1) is 28.3 Å². The van der Waals surface area contributed by atoms with Crippen molar-refractivity contribution in [3.8, 4) is 5.75 Å². The maximum atomic E-state index is 13.6. The Morgan fingerprint density at radius 3 is 2.87 bits per heavy atom. The molecule has 2 aliphatic heterocycles. The number of hydrogen-bond donors (Lipinski definition) is 1. The summed E-state index contributed by atoms with van der Waals surface area (Å²) < 4.78 is 34.0. The lowest BCUT2D eigenvalue weighted by Gasteiger charge is -2.27. The molecule has 0 saturated carbocycles. The molecule has 0 amide bonds. The molecule has 0 spiro atoms. The van der Waals surface area contributed by atoms with E-state index in [1.165, 1.54) is 4.09 Å². The number of aromatic nitrogens is 2. The van der Waals surface area contributed by atoms with Crippen LogP contribution >= 0.6 is 0 Å². The summed E-state index contributed by atoms with van der Waals surface area (Å²) in [7, 11) is -1.91. The summed E-state index contributed by atoms with van der Waals surface area (Å²) in [5, 5.41) is 8.82. The largest absolute Gasteiger partial charge is 0.490 e. The molecule has 0 bridgehead atoms. The summed E-state index contributed by atoms with van der Waals surface area (Å²) in [6, 6.07) is 12.8. The number of rotatable bonds is 3. The Kier molecular flexibility index (Phi) is 4.56. The van der Waals surface area contributed by atoms with Crippen molar-refractivity contribution in [1.29, 1.82) is 0 Å². The van der Waals surface area contributed by atoms with E-state index in [4.69, 9.17) is 4.74 Å². The van der Waals surface area contributed by atoms with Crippen molar-refractivity contribution in [2.45, 2.75) is 24.3 Å². The number of para-hydroxylation sites is 1. The summed E-state index contributed by atoms with van der Waals surface area (Å²) in [4.78, 5) is 2.23. The first-order valence-corrected chi connectivity index (χ1v) is 11.5. The van der Waals surface area contributed by atoms with E-state index in [2.05, 4.69) is 28.3 Å². The van der Waals surface area contributed by atoms with Gasteiger partial charge < -0.3 is 15.0 Å². The molecule has 3 aromatic rings. The molecule has 5 rings (SSSR count). The fourth-order valence-corrected chi connectivity index (χ4v) is 5.42. The molecule has 1 N–H and O–H groups in total. The number of fused-ring (bicyclic) bond motifs is 2. The SMILES string of the molecule is CC1CC(c2nn(S(=O)(=O)c3ccc4c(c3)OCCN4C)c3ccccc23)=CCN1. The summed E-state index contributed by atoms with van der Waals surface area (Å²) in [5.74, 6) is 0.580. The van der Waals surface area contributed by atoms with Crippen LogP contribution in [0.2, 0.25) is 0 Å². The fraction of sp³-hybridized carbons (Fsp3) is 0.318. The first-order chi connectivity index (χ1) is 14.4. The van der Waals surface area contributed by atoms with Gasteiger partial charge in [-0.1, -0.05) is 24.3 Å². The van der Waals surface area contributed by atoms with Gasteiger partial charge in [-0.3, -0.25) is 0 Å². The second-order valence-corrected chi connectivity index (χ2v) is 9.62. The molecule has 2 aliphatic rings. The number of anilines is 1. The molecular weight excluding hydrogens is 400 g/mol. The smallest absolute Gasteiger partial charge is 0.283 e. The highest BCUT2D eigenvalue weighted by atomic mass is 32.2. The summed E-state index contributed by atoms with van der Waals surface area (Å²) in [6.45, 7) is 4.17. The van der Waals surface area contributed by atoms with Gasteiger partial charge in [0.2, 0.25) is 0 Å². The lowest BCUT2D eigenvalue weighted by atomic mass is 9.98. The third-order valence-corrected chi connectivity index (χ3v) is 7.34. The first kappa shape index (κ1) is 19.1. The van der Waals surface area contributed by atoms with Crippen LogP contribution < -0.4 is 15.0 Å². The van der Waals surface area contributed by atoms with Crippen LogP contribution in [0.1, 0.15) is 19.0 Å². The van der Waals surface area contributed by atoms with Gasteiger partial charge in [-0.25, -0.2) is 0 Å².